The van der Waals surface area contributed by atoms with Crippen LogP contribution in [0.4, 0.5) is 4.39 Å². The van der Waals surface area contributed by atoms with Gasteiger partial charge in [-0.3, -0.25) is 9.36 Å². The second-order valence-electron chi connectivity index (χ2n) is 7.40. The van der Waals surface area contributed by atoms with E-state index >= 15 is 0 Å². The van der Waals surface area contributed by atoms with E-state index < -0.39 is 11.5 Å². The molecule has 1 aliphatic rings. The van der Waals surface area contributed by atoms with Crippen LogP contribution in [0, 0.1) is 5.82 Å². The Labute approximate surface area is 170 Å². The number of hydrogen-bond acceptors (Lipinski definition) is 4. The van der Waals surface area contributed by atoms with Gasteiger partial charge in [-0.05, 0) is 54.8 Å². The van der Waals surface area contributed by atoms with Gasteiger partial charge in [-0.2, -0.15) is 0 Å². The van der Waals surface area contributed by atoms with Crippen LogP contribution in [-0.4, -0.2) is 25.8 Å². The summed E-state index contributed by atoms with van der Waals surface area (Å²) in [4.78, 5) is 30.8. The molecule has 0 unspecified atom stereocenters. The van der Waals surface area contributed by atoms with E-state index in [2.05, 4.69) is 4.98 Å². The number of halogens is 1. The lowest BCUT2D eigenvalue weighted by Gasteiger charge is -2.12. The standard InChI is InChI=1S/C22H19FN4O3/c1-30-18-4-2-3-14(11-18)12-25-13-24-20-19(25)21(28)27(17-9-10-17)22(29)26(20)16-7-5-15(23)6-8-16/h2-8,11,13,17H,9-10,12H2,1H3. The van der Waals surface area contributed by atoms with E-state index in [1.165, 1.54) is 33.4 Å². The molecule has 0 saturated heterocycles. The zero-order valence-electron chi connectivity index (χ0n) is 16.3. The van der Waals surface area contributed by atoms with E-state index in [9.17, 15) is 14.0 Å². The fraction of sp³-hybridized carbons (Fsp3) is 0.227. The fourth-order valence-electron chi connectivity index (χ4n) is 3.72. The molecule has 0 amide bonds. The third kappa shape index (κ3) is 3.01. The summed E-state index contributed by atoms with van der Waals surface area (Å²) in [6.45, 7) is 0.398. The molecule has 30 heavy (non-hydrogen) atoms. The normalized spacial score (nSPS) is 13.7. The molecule has 0 bridgehead atoms. The van der Waals surface area contributed by atoms with Gasteiger partial charge in [-0.25, -0.2) is 18.7 Å². The lowest BCUT2D eigenvalue weighted by atomic mass is 10.2. The van der Waals surface area contributed by atoms with E-state index in [-0.39, 0.29) is 17.2 Å². The van der Waals surface area contributed by atoms with Gasteiger partial charge >= 0.3 is 5.69 Å². The predicted octanol–water partition coefficient (Wildman–Crippen LogP) is 2.88. The number of hydrogen-bond donors (Lipinski definition) is 0. The molecule has 0 radical (unpaired) electrons. The first-order chi connectivity index (χ1) is 14.6. The van der Waals surface area contributed by atoms with Crippen LogP contribution in [0.15, 0.2) is 64.4 Å². The predicted molar refractivity (Wildman–Crippen MR) is 110 cm³/mol. The monoisotopic (exact) mass is 406 g/mol. The van der Waals surface area contributed by atoms with E-state index in [1.54, 1.807) is 18.0 Å². The highest BCUT2D eigenvalue weighted by molar-refractivity contribution is 5.72. The third-order valence-electron chi connectivity index (χ3n) is 5.33. The second-order valence-corrected chi connectivity index (χ2v) is 7.40. The number of methoxy groups -OCH3 is 1. The summed E-state index contributed by atoms with van der Waals surface area (Å²) in [5.41, 5.74) is 1.20. The number of rotatable bonds is 5. The fourth-order valence-corrected chi connectivity index (χ4v) is 3.72. The summed E-state index contributed by atoms with van der Waals surface area (Å²) < 4.78 is 23.1. The topological polar surface area (TPSA) is 71.1 Å². The summed E-state index contributed by atoms with van der Waals surface area (Å²) in [7, 11) is 1.60. The van der Waals surface area contributed by atoms with Crippen LogP contribution in [0.25, 0.3) is 16.9 Å². The Morgan fingerprint density at radius 2 is 1.90 bits per heavy atom. The number of fused-ring (bicyclic) bond motifs is 1. The van der Waals surface area contributed by atoms with Gasteiger partial charge in [0.05, 0.1) is 19.1 Å². The Morgan fingerprint density at radius 1 is 1.13 bits per heavy atom. The van der Waals surface area contributed by atoms with Gasteiger partial charge in [0.25, 0.3) is 5.56 Å². The summed E-state index contributed by atoms with van der Waals surface area (Å²) >= 11 is 0. The Bertz CT molecular complexity index is 1360. The number of ether oxygens (including phenoxy) is 1. The van der Waals surface area contributed by atoms with Crippen LogP contribution < -0.4 is 16.0 Å². The van der Waals surface area contributed by atoms with Crippen molar-refractivity contribution in [1.29, 1.82) is 0 Å². The minimum absolute atomic E-state index is 0.110. The highest BCUT2D eigenvalue weighted by atomic mass is 19.1. The maximum atomic E-state index is 13.4. The Hall–Kier alpha value is -3.68. The van der Waals surface area contributed by atoms with Gasteiger partial charge in [-0.15, -0.1) is 0 Å². The first kappa shape index (κ1) is 18.4. The van der Waals surface area contributed by atoms with Gasteiger partial charge < -0.3 is 9.30 Å². The molecule has 2 heterocycles. The third-order valence-corrected chi connectivity index (χ3v) is 5.33. The molecule has 1 aliphatic carbocycles. The van der Waals surface area contributed by atoms with Gasteiger partial charge in [-0.1, -0.05) is 12.1 Å². The first-order valence-corrected chi connectivity index (χ1v) is 9.68. The highest BCUT2D eigenvalue weighted by Gasteiger charge is 2.30. The average Bonchev–Trinajstić information content (AvgIpc) is 3.50. The van der Waals surface area contributed by atoms with Crippen molar-refractivity contribution in [2.75, 3.05) is 7.11 Å². The van der Waals surface area contributed by atoms with Crippen molar-refractivity contribution in [2.45, 2.75) is 25.4 Å². The van der Waals surface area contributed by atoms with E-state index in [1.807, 2.05) is 24.3 Å². The van der Waals surface area contributed by atoms with Crippen molar-refractivity contribution in [1.82, 2.24) is 18.7 Å². The molecule has 0 N–H and O–H groups in total. The van der Waals surface area contributed by atoms with Crippen molar-refractivity contribution < 1.29 is 9.13 Å². The zero-order chi connectivity index (χ0) is 20.8. The molecule has 7 nitrogen and oxygen atoms in total. The van der Waals surface area contributed by atoms with Crippen LogP contribution in [0.5, 0.6) is 5.75 Å². The number of imidazole rings is 1. The molecule has 4 aromatic rings. The minimum atomic E-state index is -0.451. The van der Waals surface area contributed by atoms with Crippen LogP contribution in [0.1, 0.15) is 24.4 Å². The zero-order valence-corrected chi connectivity index (χ0v) is 16.3. The molecule has 0 spiro atoms. The molecule has 5 rings (SSSR count). The maximum Gasteiger partial charge on any atom is 0.337 e. The number of nitrogens with zero attached hydrogens (tertiary/aromatic N) is 4. The van der Waals surface area contributed by atoms with Crippen LogP contribution in [-0.2, 0) is 6.54 Å². The minimum Gasteiger partial charge on any atom is -0.497 e. The van der Waals surface area contributed by atoms with E-state index in [0.717, 1.165) is 24.2 Å². The summed E-state index contributed by atoms with van der Waals surface area (Å²) in [5, 5.41) is 0. The van der Waals surface area contributed by atoms with Crippen molar-refractivity contribution in [2.24, 2.45) is 0 Å². The molecular formula is C22H19FN4O3. The smallest absolute Gasteiger partial charge is 0.337 e. The molecule has 0 aliphatic heterocycles. The van der Waals surface area contributed by atoms with E-state index in [4.69, 9.17) is 4.74 Å². The number of aromatic nitrogens is 4. The van der Waals surface area contributed by atoms with Crippen molar-refractivity contribution in [3.05, 3.63) is 87.1 Å². The Balaban J connectivity index is 1.74. The summed E-state index contributed by atoms with van der Waals surface area (Å²) in [5.74, 6) is 0.317. The number of benzene rings is 2. The summed E-state index contributed by atoms with van der Waals surface area (Å²) in [6.07, 6.45) is 3.13. The summed E-state index contributed by atoms with van der Waals surface area (Å²) in [6, 6.07) is 13.0. The molecule has 0 atom stereocenters. The van der Waals surface area contributed by atoms with Crippen LogP contribution in [0.2, 0.25) is 0 Å². The average molecular weight is 406 g/mol. The molecule has 1 saturated carbocycles. The maximum absolute atomic E-state index is 13.4. The van der Waals surface area contributed by atoms with Gasteiger partial charge in [0, 0.05) is 12.6 Å². The highest BCUT2D eigenvalue weighted by Crippen LogP contribution is 2.32. The van der Waals surface area contributed by atoms with E-state index in [0.29, 0.717) is 17.7 Å². The lowest BCUT2D eigenvalue weighted by Crippen LogP contribution is -2.39. The van der Waals surface area contributed by atoms with Crippen LogP contribution in [0.3, 0.4) is 0 Å². The van der Waals surface area contributed by atoms with Crippen molar-refractivity contribution >= 4 is 11.2 Å². The molecule has 2 aromatic heterocycles. The SMILES string of the molecule is COc1cccc(Cn2cnc3c2c(=O)n(C2CC2)c(=O)n3-c2ccc(F)cc2)c1. The van der Waals surface area contributed by atoms with Gasteiger partial charge in [0.15, 0.2) is 11.2 Å². The molecule has 8 heteroatoms. The Kier molecular flexibility index (Phi) is 4.27. The second kappa shape index (κ2) is 6.98. The lowest BCUT2D eigenvalue weighted by molar-refractivity contribution is 0.414. The largest absolute Gasteiger partial charge is 0.497 e. The quantitative estimate of drug-likeness (QED) is 0.511. The van der Waals surface area contributed by atoms with Gasteiger partial charge in [0.2, 0.25) is 0 Å². The van der Waals surface area contributed by atoms with Crippen molar-refractivity contribution in [3.8, 4) is 11.4 Å². The molecule has 1 fully saturated rings. The van der Waals surface area contributed by atoms with Gasteiger partial charge in [0.1, 0.15) is 11.6 Å². The first-order valence-electron chi connectivity index (χ1n) is 9.68. The molecule has 152 valence electrons. The molecule has 2 aromatic carbocycles. The molecular weight excluding hydrogens is 387 g/mol. The van der Waals surface area contributed by atoms with Crippen LogP contribution >= 0.6 is 0 Å². The van der Waals surface area contributed by atoms with Crippen molar-refractivity contribution in [3.63, 3.8) is 0 Å². The Morgan fingerprint density at radius 3 is 2.60 bits per heavy atom.